The first-order valence-corrected chi connectivity index (χ1v) is 17.6. The minimum Gasteiger partial charge on any atom is -0.345 e. The number of amides is 2. The molecule has 44 heavy (non-hydrogen) atoms. The van der Waals surface area contributed by atoms with Crippen molar-refractivity contribution in [3.63, 3.8) is 0 Å². The first-order chi connectivity index (χ1) is 21.3. The topological polar surface area (TPSA) is 117 Å². The van der Waals surface area contributed by atoms with Gasteiger partial charge in [0.1, 0.15) is 0 Å². The Morgan fingerprint density at radius 1 is 0.886 bits per heavy atom. The van der Waals surface area contributed by atoms with Gasteiger partial charge in [-0.1, -0.05) is 52.3 Å². The van der Waals surface area contributed by atoms with Crippen LogP contribution in [0.3, 0.4) is 0 Å². The second-order valence-corrected chi connectivity index (χ2v) is 14.4. The highest BCUT2D eigenvalue weighted by atomic mass is 79.9. The average Bonchev–Trinajstić information content (AvgIpc) is 3.68. The number of anilines is 1. The number of carbonyl (C=O) groups excluding carboxylic acids is 2. The Bertz CT molecular complexity index is 1770. The zero-order valence-corrected chi connectivity index (χ0v) is 27.1. The van der Waals surface area contributed by atoms with Gasteiger partial charge in [0.05, 0.1) is 17.2 Å². The van der Waals surface area contributed by atoms with Crippen LogP contribution >= 0.6 is 27.7 Å². The summed E-state index contributed by atoms with van der Waals surface area (Å²) in [7, 11) is -3.58. The number of nitrogens with one attached hydrogen (secondary N) is 1. The van der Waals surface area contributed by atoms with E-state index >= 15 is 0 Å². The van der Waals surface area contributed by atoms with Crippen molar-refractivity contribution < 1.29 is 18.0 Å². The number of hydrogen-bond acceptors (Lipinski definition) is 7. The normalized spacial score (nSPS) is 15.2. The molecule has 0 radical (unpaired) electrons. The highest BCUT2D eigenvalue weighted by molar-refractivity contribution is 9.10. The molecule has 0 unspecified atom stereocenters. The Morgan fingerprint density at radius 3 is 2.36 bits per heavy atom. The Morgan fingerprint density at radius 2 is 1.61 bits per heavy atom. The fourth-order valence-electron chi connectivity index (χ4n) is 5.45. The predicted molar refractivity (Wildman–Crippen MR) is 173 cm³/mol. The quantitative estimate of drug-likeness (QED) is 0.250. The number of halogens is 1. The summed E-state index contributed by atoms with van der Waals surface area (Å²) in [6, 6.07) is 21.6. The molecule has 2 aliphatic heterocycles. The monoisotopic (exact) mass is 694 g/mol. The molecular weight excluding hydrogens is 664 g/mol. The highest BCUT2D eigenvalue weighted by Gasteiger charge is 2.27. The molecule has 0 atom stereocenters. The van der Waals surface area contributed by atoms with Crippen molar-refractivity contribution in [3.8, 4) is 5.69 Å². The minimum atomic E-state index is -3.58. The number of fused-ring (bicyclic) bond motifs is 1. The lowest BCUT2D eigenvalue weighted by Gasteiger charge is -2.25. The van der Waals surface area contributed by atoms with E-state index < -0.39 is 10.0 Å². The van der Waals surface area contributed by atoms with E-state index in [1.807, 2.05) is 58.0 Å². The van der Waals surface area contributed by atoms with E-state index in [1.165, 1.54) is 45.9 Å². The minimum absolute atomic E-state index is 0.00842. The van der Waals surface area contributed by atoms with Gasteiger partial charge >= 0.3 is 0 Å². The highest BCUT2D eigenvalue weighted by Crippen LogP contribution is 2.30. The van der Waals surface area contributed by atoms with E-state index in [1.54, 1.807) is 0 Å². The van der Waals surface area contributed by atoms with E-state index in [0.717, 1.165) is 41.5 Å². The number of para-hydroxylation sites is 1. The van der Waals surface area contributed by atoms with Gasteiger partial charge in [-0.05, 0) is 79.4 Å². The molecule has 2 aliphatic rings. The molecule has 3 aromatic carbocycles. The predicted octanol–water partition coefficient (Wildman–Crippen LogP) is 4.82. The van der Waals surface area contributed by atoms with Crippen LogP contribution in [0, 0.1) is 0 Å². The van der Waals surface area contributed by atoms with Gasteiger partial charge in [-0.25, -0.2) is 8.42 Å². The Labute approximate surface area is 269 Å². The fourth-order valence-corrected chi connectivity index (χ4v) is 8.08. The average molecular weight is 696 g/mol. The van der Waals surface area contributed by atoms with E-state index in [0.29, 0.717) is 36.2 Å². The third-order valence-corrected chi connectivity index (χ3v) is 11.1. The van der Waals surface area contributed by atoms with Gasteiger partial charge in [-0.15, -0.1) is 10.2 Å². The first-order valence-electron chi connectivity index (χ1n) is 14.4. The first kappa shape index (κ1) is 30.5. The molecule has 0 spiro atoms. The zero-order valence-electron chi connectivity index (χ0n) is 23.9. The van der Waals surface area contributed by atoms with Crippen LogP contribution in [-0.2, 0) is 27.8 Å². The number of rotatable bonds is 9. The molecule has 1 fully saturated rings. The van der Waals surface area contributed by atoms with Crippen LogP contribution in [0.1, 0.15) is 41.0 Å². The number of sulfonamides is 1. The Hall–Kier alpha value is -3.52. The molecule has 13 heteroatoms. The van der Waals surface area contributed by atoms with Crippen LogP contribution in [0.2, 0.25) is 0 Å². The summed E-state index contributed by atoms with van der Waals surface area (Å²) in [5.74, 6) is 0.300. The molecule has 6 rings (SSSR count). The van der Waals surface area contributed by atoms with Crippen LogP contribution in [0.15, 0.2) is 87.3 Å². The van der Waals surface area contributed by atoms with Gasteiger partial charge in [0.15, 0.2) is 11.0 Å². The molecule has 1 saturated heterocycles. The molecule has 3 heterocycles. The van der Waals surface area contributed by atoms with Crippen molar-refractivity contribution >= 4 is 55.2 Å². The lowest BCUT2D eigenvalue weighted by molar-refractivity contribution is -0.116. The number of piperidine rings is 1. The summed E-state index contributed by atoms with van der Waals surface area (Å²) in [6.45, 7) is 1.76. The Kier molecular flexibility index (Phi) is 9.17. The van der Waals surface area contributed by atoms with Crippen molar-refractivity contribution in [3.05, 3.63) is 94.2 Å². The number of benzene rings is 3. The van der Waals surface area contributed by atoms with Crippen LogP contribution < -0.4 is 10.2 Å². The lowest BCUT2D eigenvalue weighted by Crippen LogP contribution is -2.35. The molecule has 4 aromatic rings. The van der Waals surface area contributed by atoms with Gasteiger partial charge < -0.3 is 10.2 Å². The van der Waals surface area contributed by atoms with Gasteiger partial charge in [0, 0.05) is 41.0 Å². The van der Waals surface area contributed by atoms with E-state index in [4.69, 9.17) is 0 Å². The van der Waals surface area contributed by atoms with E-state index in [-0.39, 0.29) is 29.0 Å². The van der Waals surface area contributed by atoms with Gasteiger partial charge in [-0.2, -0.15) is 4.31 Å². The van der Waals surface area contributed by atoms with Crippen LogP contribution in [0.4, 0.5) is 5.69 Å². The van der Waals surface area contributed by atoms with Crippen molar-refractivity contribution in [2.24, 2.45) is 0 Å². The molecule has 1 N–H and O–H groups in total. The SMILES string of the molecule is O=C(NCc1nnc(SCC(=O)N2CCc3ccccc32)n1-c1ccc(Br)cc1)c1ccc(S(=O)(=O)N2CCCCC2)cc1. The number of thioether (sulfide) groups is 1. The van der Waals surface area contributed by atoms with E-state index in [2.05, 4.69) is 31.4 Å². The number of carbonyl (C=O) groups is 2. The Balaban J connectivity index is 1.15. The molecule has 2 amide bonds. The summed E-state index contributed by atoms with van der Waals surface area (Å²) < 4.78 is 30.2. The number of aromatic nitrogens is 3. The van der Waals surface area contributed by atoms with Crippen molar-refractivity contribution in [2.45, 2.75) is 42.3 Å². The molecule has 228 valence electrons. The van der Waals surface area contributed by atoms with Gasteiger partial charge in [0.2, 0.25) is 15.9 Å². The molecule has 1 aromatic heterocycles. The maximum Gasteiger partial charge on any atom is 0.251 e. The standard InChI is InChI=1S/C31H31BrN6O4S2/c32-24-10-12-25(13-11-24)38-28(34-35-31(38)43-21-29(39)37-19-16-22-6-2-3-7-27(22)37)20-33-30(40)23-8-14-26(15-9-23)44(41,42)36-17-4-1-5-18-36/h2-3,6-15H,1,4-5,16-21H2,(H,33,40). The molecule has 0 aliphatic carbocycles. The summed E-state index contributed by atoms with van der Waals surface area (Å²) >= 11 is 4.76. The second-order valence-electron chi connectivity index (χ2n) is 10.6. The van der Waals surface area contributed by atoms with Gasteiger partial charge in [0.25, 0.3) is 5.91 Å². The summed E-state index contributed by atoms with van der Waals surface area (Å²) in [4.78, 5) is 28.2. The summed E-state index contributed by atoms with van der Waals surface area (Å²) in [6.07, 6.45) is 3.58. The van der Waals surface area contributed by atoms with Crippen molar-refractivity contribution in [1.82, 2.24) is 24.4 Å². The zero-order chi connectivity index (χ0) is 30.7. The molecule has 0 saturated carbocycles. The smallest absolute Gasteiger partial charge is 0.251 e. The molecule has 10 nitrogen and oxygen atoms in total. The summed E-state index contributed by atoms with van der Waals surface area (Å²) in [5.41, 5.74) is 3.24. The third kappa shape index (κ3) is 6.46. The van der Waals surface area contributed by atoms with Crippen LogP contribution in [0.25, 0.3) is 5.69 Å². The number of nitrogens with zero attached hydrogens (tertiary/aromatic N) is 5. The third-order valence-electron chi connectivity index (χ3n) is 7.77. The number of hydrogen-bond donors (Lipinski definition) is 1. The van der Waals surface area contributed by atoms with Crippen LogP contribution in [0.5, 0.6) is 0 Å². The lowest BCUT2D eigenvalue weighted by atomic mass is 10.2. The molecule has 0 bridgehead atoms. The van der Waals surface area contributed by atoms with Crippen LogP contribution in [-0.4, -0.2) is 64.7 Å². The maximum absolute atomic E-state index is 13.2. The van der Waals surface area contributed by atoms with E-state index in [9.17, 15) is 18.0 Å². The summed E-state index contributed by atoms with van der Waals surface area (Å²) in [5, 5.41) is 12.1. The van der Waals surface area contributed by atoms with Gasteiger partial charge in [-0.3, -0.25) is 14.2 Å². The molecular formula is C31H31BrN6O4S2. The van der Waals surface area contributed by atoms with Crippen molar-refractivity contribution in [1.29, 1.82) is 0 Å². The second kappa shape index (κ2) is 13.2. The fraction of sp³-hybridized carbons (Fsp3) is 0.290. The van der Waals surface area contributed by atoms with Crippen molar-refractivity contribution in [2.75, 3.05) is 30.3 Å². The maximum atomic E-state index is 13.2. The largest absolute Gasteiger partial charge is 0.345 e.